The van der Waals surface area contributed by atoms with Gasteiger partial charge in [0.25, 0.3) is 5.91 Å². The van der Waals surface area contributed by atoms with E-state index in [0.717, 1.165) is 31.4 Å². The van der Waals surface area contributed by atoms with Crippen LogP contribution in [0.25, 0.3) is 0 Å². The van der Waals surface area contributed by atoms with Crippen molar-refractivity contribution in [1.29, 1.82) is 0 Å². The Morgan fingerprint density at radius 1 is 1.42 bits per heavy atom. The summed E-state index contributed by atoms with van der Waals surface area (Å²) in [5.41, 5.74) is 7.67. The van der Waals surface area contributed by atoms with Crippen molar-refractivity contribution >= 4 is 11.6 Å². The number of rotatable bonds is 5. The number of amides is 1. The van der Waals surface area contributed by atoms with E-state index in [0.29, 0.717) is 13.2 Å². The molecule has 0 aliphatic carbocycles. The molecular formula is C15H22N2O2. The molecule has 1 heterocycles. The SMILES string of the molecule is CN(C(=O)C1CCCO1)c1ccc(CCCN)cc1. The number of carbonyl (C=O) groups excluding carboxylic acids is 1. The lowest BCUT2D eigenvalue weighted by atomic mass is 10.1. The van der Waals surface area contributed by atoms with Crippen molar-refractivity contribution in [1.82, 2.24) is 0 Å². The van der Waals surface area contributed by atoms with Gasteiger partial charge in [-0.2, -0.15) is 0 Å². The smallest absolute Gasteiger partial charge is 0.255 e. The van der Waals surface area contributed by atoms with Crippen LogP contribution in [0, 0.1) is 0 Å². The molecule has 1 aliphatic heterocycles. The number of anilines is 1. The van der Waals surface area contributed by atoms with E-state index >= 15 is 0 Å². The first-order chi connectivity index (χ1) is 9.22. The molecule has 1 aromatic rings. The molecule has 1 atom stereocenters. The lowest BCUT2D eigenvalue weighted by Crippen LogP contribution is -2.35. The minimum absolute atomic E-state index is 0.0483. The van der Waals surface area contributed by atoms with Gasteiger partial charge in [0.1, 0.15) is 6.10 Å². The lowest BCUT2D eigenvalue weighted by molar-refractivity contribution is -0.127. The van der Waals surface area contributed by atoms with Crippen molar-refractivity contribution < 1.29 is 9.53 Å². The number of ether oxygens (including phenoxy) is 1. The zero-order valence-corrected chi connectivity index (χ0v) is 11.5. The van der Waals surface area contributed by atoms with E-state index in [-0.39, 0.29) is 12.0 Å². The van der Waals surface area contributed by atoms with E-state index in [1.54, 1.807) is 11.9 Å². The zero-order valence-electron chi connectivity index (χ0n) is 11.5. The molecule has 104 valence electrons. The average molecular weight is 262 g/mol. The van der Waals surface area contributed by atoms with Gasteiger partial charge in [0, 0.05) is 19.3 Å². The predicted molar refractivity (Wildman–Crippen MR) is 76.2 cm³/mol. The van der Waals surface area contributed by atoms with Gasteiger partial charge in [-0.25, -0.2) is 0 Å². The molecule has 1 saturated heterocycles. The number of nitrogens with two attached hydrogens (primary N) is 1. The van der Waals surface area contributed by atoms with Gasteiger partial charge in [0.2, 0.25) is 0 Å². The molecule has 0 aromatic heterocycles. The Bertz CT molecular complexity index is 411. The Balaban J connectivity index is 1.98. The van der Waals surface area contributed by atoms with Gasteiger partial charge in [0.15, 0.2) is 0 Å². The highest BCUT2D eigenvalue weighted by molar-refractivity contribution is 5.96. The molecule has 0 radical (unpaired) electrons. The lowest BCUT2D eigenvalue weighted by Gasteiger charge is -2.21. The summed E-state index contributed by atoms with van der Waals surface area (Å²) in [6.45, 7) is 1.40. The van der Waals surface area contributed by atoms with Gasteiger partial charge in [-0.1, -0.05) is 12.1 Å². The van der Waals surface area contributed by atoms with Gasteiger partial charge in [-0.05, 0) is 49.9 Å². The Labute approximate surface area is 114 Å². The maximum Gasteiger partial charge on any atom is 0.255 e. The first-order valence-electron chi connectivity index (χ1n) is 6.90. The van der Waals surface area contributed by atoms with Crippen LogP contribution in [0.5, 0.6) is 0 Å². The summed E-state index contributed by atoms with van der Waals surface area (Å²) in [5, 5.41) is 0. The molecule has 1 aliphatic rings. The fourth-order valence-corrected chi connectivity index (χ4v) is 2.31. The highest BCUT2D eigenvalue weighted by atomic mass is 16.5. The minimum atomic E-state index is -0.262. The Hall–Kier alpha value is -1.39. The summed E-state index contributed by atoms with van der Waals surface area (Å²) in [6, 6.07) is 8.09. The van der Waals surface area contributed by atoms with Crippen molar-refractivity contribution in [2.75, 3.05) is 25.1 Å². The quantitative estimate of drug-likeness (QED) is 0.879. The molecule has 0 saturated carbocycles. The molecule has 0 spiro atoms. The van der Waals surface area contributed by atoms with Crippen molar-refractivity contribution in [2.45, 2.75) is 31.8 Å². The van der Waals surface area contributed by atoms with Crippen LogP contribution in [0.2, 0.25) is 0 Å². The Morgan fingerprint density at radius 3 is 2.74 bits per heavy atom. The molecule has 1 unspecified atom stereocenters. The Morgan fingerprint density at radius 2 is 2.16 bits per heavy atom. The molecule has 0 bridgehead atoms. The van der Waals surface area contributed by atoms with E-state index < -0.39 is 0 Å². The number of carbonyl (C=O) groups is 1. The molecule has 4 heteroatoms. The van der Waals surface area contributed by atoms with Gasteiger partial charge in [-0.3, -0.25) is 4.79 Å². The van der Waals surface area contributed by atoms with E-state index in [4.69, 9.17) is 10.5 Å². The van der Waals surface area contributed by atoms with Crippen LogP contribution in [0.4, 0.5) is 5.69 Å². The summed E-state index contributed by atoms with van der Waals surface area (Å²) in [7, 11) is 1.80. The maximum absolute atomic E-state index is 12.2. The highest BCUT2D eigenvalue weighted by Crippen LogP contribution is 2.20. The van der Waals surface area contributed by atoms with Crippen molar-refractivity contribution in [3.05, 3.63) is 29.8 Å². The van der Waals surface area contributed by atoms with Crippen molar-refractivity contribution in [3.8, 4) is 0 Å². The fraction of sp³-hybridized carbons (Fsp3) is 0.533. The molecule has 1 aromatic carbocycles. The topological polar surface area (TPSA) is 55.6 Å². The van der Waals surface area contributed by atoms with Gasteiger partial charge in [0.05, 0.1) is 0 Å². The molecule has 19 heavy (non-hydrogen) atoms. The van der Waals surface area contributed by atoms with Gasteiger partial charge < -0.3 is 15.4 Å². The third kappa shape index (κ3) is 3.55. The second-order valence-electron chi connectivity index (χ2n) is 4.96. The number of hydrogen-bond acceptors (Lipinski definition) is 3. The summed E-state index contributed by atoms with van der Waals surface area (Å²) in [4.78, 5) is 13.9. The van der Waals surface area contributed by atoms with Crippen LogP contribution in [0.15, 0.2) is 24.3 Å². The normalized spacial score (nSPS) is 18.5. The fourth-order valence-electron chi connectivity index (χ4n) is 2.31. The second kappa shape index (κ2) is 6.68. The van der Waals surface area contributed by atoms with E-state index in [1.807, 2.05) is 12.1 Å². The average Bonchev–Trinajstić information content (AvgIpc) is 2.98. The first kappa shape index (κ1) is 14.0. The van der Waals surface area contributed by atoms with Gasteiger partial charge in [-0.15, -0.1) is 0 Å². The zero-order chi connectivity index (χ0) is 13.7. The maximum atomic E-state index is 12.2. The molecule has 4 nitrogen and oxygen atoms in total. The molecule has 1 amide bonds. The molecule has 1 fully saturated rings. The van der Waals surface area contributed by atoms with Crippen LogP contribution in [0.3, 0.4) is 0 Å². The number of nitrogens with zero attached hydrogens (tertiary/aromatic N) is 1. The predicted octanol–water partition coefficient (Wildman–Crippen LogP) is 1.72. The number of likely N-dealkylation sites (N-methyl/N-ethyl adjacent to an activating group) is 1. The van der Waals surface area contributed by atoms with E-state index in [1.165, 1.54) is 5.56 Å². The highest BCUT2D eigenvalue weighted by Gasteiger charge is 2.26. The largest absolute Gasteiger partial charge is 0.368 e. The van der Waals surface area contributed by atoms with Crippen LogP contribution < -0.4 is 10.6 Å². The standard InChI is InChI=1S/C15H22N2O2/c1-17(15(18)14-5-3-11-19-14)13-8-6-12(7-9-13)4-2-10-16/h6-9,14H,2-5,10-11,16H2,1H3. The number of benzene rings is 1. The summed E-state index contributed by atoms with van der Waals surface area (Å²) in [6.07, 6.45) is 3.52. The third-order valence-electron chi connectivity index (χ3n) is 3.53. The van der Waals surface area contributed by atoms with E-state index in [9.17, 15) is 4.79 Å². The van der Waals surface area contributed by atoms with Crippen molar-refractivity contribution in [2.24, 2.45) is 5.73 Å². The number of aryl methyl sites for hydroxylation is 1. The molecule has 2 N–H and O–H groups in total. The third-order valence-corrected chi connectivity index (χ3v) is 3.53. The number of hydrogen-bond donors (Lipinski definition) is 1. The molecular weight excluding hydrogens is 240 g/mol. The minimum Gasteiger partial charge on any atom is -0.368 e. The van der Waals surface area contributed by atoms with E-state index in [2.05, 4.69) is 12.1 Å². The van der Waals surface area contributed by atoms with Crippen LogP contribution >= 0.6 is 0 Å². The van der Waals surface area contributed by atoms with Crippen LogP contribution in [0.1, 0.15) is 24.8 Å². The van der Waals surface area contributed by atoms with Crippen molar-refractivity contribution in [3.63, 3.8) is 0 Å². The summed E-state index contributed by atoms with van der Waals surface area (Å²) < 4.78 is 5.43. The molecule has 2 rings (SSSR count). The second-order valence-corrected chi connectivity index (χ2v) is 4.96. The monoisotopic (exact) mass is 262 g/mol. The van der Waals surface area contributed by atoms with Gasteiger partial charge >= 0.3 is 0 Å². The first-order valence-corrected chi connectivity index (χ1v) is 6.90. The summed E-state index contributed by atoms with van der Waals surface area (Å²) >= 11 is 0. The van der Waals surface area contributed by atoms with Crippen LogP contribution in [-0.2, 0) is 16.0 Å². The summed E-state index contributed by atoms with van der Waals surface area (Å²) in [5.74, 6) is 0.0483. The Kier molecular flexibility index (Phi) is 4.93. The van der Waals surface area contributed by atoms with Crippen LogP contribution in [-0.4, -0.2) is 32.2 Å².